The smallest absolute Gasteiger partial charge is 0.237 e. The van der Waals surface area contributed by atoms with Gasteiger partial charge in [-0.25, -0.2) is 0 Å². The largest absolute Gasteiger partial charge is 0.438 e. The van der Waals surface area contributed by atoms with Crippen molar-refractivity contribution in [3.05, 3.63) is 96.1 Å². The number of aryl methyl sites for hydroxylation is 1. The van der Waals surface area contributed by atoms with Gasteiger partial charge in [0.15, 0.2) is 0 Å². The van der Waals surface area contributed by atoms with Crippen molar-refractivity contribution in [3.8, 4) is 28.5 Å². The first kappa shape index (κ1) is 20.5. The van der Waals surface area contributed by atoms with Crippen molar-refractivity contribution in [1.82, 2.24) is 0 Å². The Morgan fingerprint density at radius 3 is 2.16 bits per heavy atom. The monoisotopic (exact) mass is 424 g/mol. The zero-order valence-corrected chi connectivity index (χ0v) is 17.8. The van der Waals surface area contributed by atoms with E-state index in [2.05, 4.69) is 11.4 Å². The maximum absolute atomic E-state index is 12.6. The van der Waals surface area contributed by atoms with E-state index >= 15 is 0 Å². The highest BCUT2D eigenvalue weighted by Crippen LogP contribution is 2.41. The number of rotatable bonds is 6. The SMILES string of the molecule is Cc1ccc(SCC(=O)Nc2oc(-c3ccccc3)c(-c3ccccc3)c2C#N)cc1. The van der Waals surface area contributed by atoms with Crippen molar-refractivity contribution in [2.24, 2.45) is 0 Å². The van der Waals surface area contributed by atoms with Gasteiger partial charge < -0.3 is 4.42 Å². The molecule has 5 heteroatoms. The number of nitrogens with zero attached hydrogens (tertiary/aromatic N) is 1. The maximum atomic E-state index is 12.6. The quantitative estimate of drug-likeness (QED) is 0.358. The highest BCUT2D eigenvalue weighted by Gasteiger charge is 2.24. The predicted octanol–water partition coefficient (Wildman–Crippen LogP) is 6.52. The van der Waals surface area contributed by atoms with Crippen LogP contribution in [0.15, 0.2) is 94.2 Å². The van der Waals surface area contributed by atoms with Gasteiger partial charge >= 0.3 is 0 Å². The molecule has 3 aromatic carbocycles. The molecule has 152 valence electrons. The highest BCUT2D eigenvalue weighted by molar-refractivity contribution is 8.00. The maximum Gasteiger partial charge on any atom is 0.237 e. The molecule has 0 unspecified atom stereocenters. The summed E-state index contributed by atoms with van der Waals surface area (Å²) in [6, 6.07) is 29.4. The van der Waals surface area contributed by atoms with E-state index in [4.69, 9.17) is 4.42 Å². The zero-order chi connectivity index (χ0) is 21.6. The van der Waals surface area contributed by atoms with Crippen LogP contribution in [0, 0.1) is 18.3 Å². The number of benzene rings is 3. The van der Waals surface area contributed by atoms with Crippen LogP contribution in [0.3, 0.4) is 0 Å². The Balaban J connectivity index is 1.65. The summed E-state index contributed by atoms with van der Waals surface area (Å²) in [6.07, 6.45) is 0. The number of hydrogen-bond donors (Lipinski definition) is 1. The van der Waals surface area contributed by atoms with Crippen LogP contribution in [-0.4, -0.2) is 11.7 Å². The summed E-state index contributed by atoms with van der Waals surface area (Å²) >= 11 is 1.44. The van der Waals surface area contributed by atoms with Gasteiger partial charge in [-0.2, -0.15) is 5.26 Å². The molecule has 1 aromatic heterocycles. The summed E-state index contributed by atoms with van der Waals surface area (Å²) in [6.45, 7) is 2.02. The minimum absolute atomic E-state index is 0.176. The lowest BCUT2D eigenvalue weighted by Crippen LogP contribution is -2.14. The van der Waals surface area contributed by atoms with Gasteiger partial charge in [0.2, 0.25) is 11.8 Å². The van der Waals surface area contributed by atoms with Crippen molar-refractivity contribution in [2.75, 3.05) is 11.1 Å². The number of nitriles is 1. The average Bonchev–Trinajstić information content (AvgIpc) is 3.18. The highest BCUT2D eigenvalue weighted by atomic mass is 32.2. The molecule has 0 saturated heterocycles. The molecular weight excluding hydrogens is 404 g/mol. The standard InChI is InChI=1S/C26H20N2O2S/c1-18-12-14-21(15-13-18)31-17-23(29)28-26-22(16-27)24(19-8-4-2-5-9-19)25(30-26)20-10-6-3-7-11-20/h2-15H,17H2,1H3,(H,28,29). The minimum Gasteiger partial charge on any atom is -0.438 e. The second kappa shape index (κ2) is 9.38. The molecule has 0 aliphatic heterocycles. The van der Waals surface area contributed by atoms with Crippen molar-refractivity contribution < 1.29 is 9.21 Å². The van der Waals surface area contributed by atoms with Gasteiger partial charge in [-0.1, -0.05) is 78.4 Å². The third-order valence-corrected chi connectivity index (χ3v) is 5.77. The van der Waals surface area contributed by atoms with E-state index in [1.165, 1.54) is 17.3 Å². The minimum atomic E-state index is -0.227. The fourth-order valence-corrected chi connectivity index (χ4v) is 3.94. The van der Waals surface area contributed by atoms with Gasteiger partial charge in [0, 0.05) is 16.0 Å². The van der Waals surface area contributed by atoms with Crippen molar-refractivity contribution in [2.45, 2.75) is 11.8 Å². The van der Waals surface area contributed by atoms with Gasteiger partial charge in [-0.15, -0.1) is 11.8 Å². The van der Waals surface area contributed by atoms with Gasteiger partial charge in [0.1, 0.15) is 17.4 Å². The third-order valence-electron chi connectivity index (χ3n) is 4.76. The number of furan rings is 1. The summed E-state index contributed by atoms with van der Waals surface area (Å²) in [5, 5.41) is 12.7. The fraction of sp³-hybridized carbons (Fsp3) is 0.0769. The molecule has 0 radical (unpaired) electrons. The fourth-order valence-electron chi connectivity index (χ4n) is 3.25. The Bertz CT molecular complexity index is 1220. The van der Waals surface area contributed by atoms with Crippen LogP contribution < -0.4 is 5.32 Å². The molecule has 0 saturated carbocycles. The summed E-state index contributed by atoms with van der Waals surface area (Å²) < 4.78 is 6.05. The van der Waals surface area contributed by atoms with E-state index in [0.717, 1.165) is 16.0 Å². The Hall–Kier alpha value is -3.75. The zero-order valence-electron chi connectivity index (χ0n) is 17.0. The number of carbonyl (C=O) groups excluding carboxylic acids is 1. The van der Waals surface area contributed by atoms with Crippen molar-refractivity contribution in [3.63, 3.8) is 0 Å². The molecule has 0 bridgehead atoms. The van der Waals surface area contributed by atoms with Crippen molar-refractivity contribution in [1.29, 1.82) is 5.26 Å². The van der Waals surface area contributed by atoms with E-state index in [1.807, 2.05) is 91.9 Å². The Morgan fingerprint density at radius 1 is 0.935 bits per heavy atom. The molecule has 0 atom stereocenters. The van der Waals surface area contributed by atoms with Crippen molar-refractivity contribution >= 4 is 23.6 Å². The van der Waals surface area contributed by atoms with Gasteiger partial charge in [-0.3, -0.25) is 10.1 Å². The molecule has 0 aliphatic carbocycles. The van der Waals surface area contributed by atoms with E-state index in [0.29, 0.717) is 16.9 Å². The first-order valence-corrected chi connectivity index (χ1v) is 10.8. The molecule has 0 spiro atoms. The second-order valence-corrected chi connectivity index (χ2v) is 8.05. The lowest BCUT2D eigenvalue weighted by atomic mass is 9.98. The molecule has 1 amide bonds. The van der Waals surface area contributed by atoms with Gasteiger partial charge in [0.05, 0.1) is 5.75 Å². The molecule has 1 heterocycles. The van der Waals surface area contributed by atoms with Crippen LogP contribution >= 0.6 is 11.8 Å². The number of hydrogen-bond acceptors (Lipinski definition) is 4. The van der Waals surface area contributed by atoms with E-state index in [9.17, 15) is 10.1 Å². The Kier molecular flexibility index (Phi) is 6.21. The Labute approximate surface area is 185 Å². The predicted molar refractivity (Wildman–Crippen MR) is 125 cm³/mol. The summed E-state index contributed by atoms with van der Waals surface area (Å²) in [7, 11) is 0. The molecule has 1 N–H and O–H groups in total. The van der Waals surface area contributed by atoms with E-state index in [1.54, 1.807) is 0 Å². The van der Waals surface area contributed by atoms with Crippen LogP contribution in [0.1, 0.15) is 11.1 Å². The number of nitrogens with one attached hydrogen (secondary N) is 1. The molecule has 0 aliphatic rings. The van der Waals surface area contributed by atoms with E-state index < -0.39 is 0 Å². The lowest BCUT2D eigenvalue weighted by Gasteiger charge is -2.04. The number of anilines is 1. The Morgan fingerprint density at radius 2 is 1.55 bits per heavy atom. The van der Waals surface area contributed by atoms with Gasteiger partial charge in [-0.05, 0) is 24.6 Å². The lowest BCUT2D eigenvalue weighted by molar-refractivity contribution is -0.113. The topological polar surface area (TPSA) is 66.0 Å². The molecule has 0 fully saturated rings. The van der Waals surface area contributed by atoms with Gasteiger partial charge in [0.25, 0.3) is 0 Å². The van der Waals surface area contributed by atoms with Crippen LogP contribution in [0.4, 0.5) is 5.88 Å². The van der Waals surface area contributed by atoms with E-state index in [-0.39, 0.29) is 17.5 Å². The summed E-state index contributed by atoms with van der Waals surface area (Å²) in [4.78, 5) is 13.6. The molecule has 4 nitrogen and oxygen atoms in total. The second-order valence-electron chi connectivity index (χ2n) is 7.00. The molecule has 4 aromatic rings. The first-order valence-electron chi connectivity index (χ1n) is 9.83. The summed E-state index contributed by atoms with van der Waals surface area (Å²) in [5.41, 5.74) is 3.86. The molecule has 31 heavy (non-hydrogen) atoms. The van der Waals surface area contributed by atoms with Crippen LogP contribution in [0.5, 0.6) is 0 Å². The molecule has 4 rings (SSSR count). The number of thioether (sulfide) groups is 1. The first-order chi connectivity index (χ1) is 15.2. The van der Waals surface area contributed by atoms with Crippen LogP contribution in [-0.2, 0) is 4.79 Å². The molecular formula is C26H20N2O2S. The average molecular weight is 425 g/mol. The van der Waals surface area contributed by atoms with Crippen LogP contribution in [0.25, 0.3) is 22.5 Å². The normalized spacial score (nSPS) is 10.5. The van der Waals surface area contributed by atoms with Crippen LogP contribution in [0.2, 0.25) is 0 Å². The summed E-state index contributed by atoms with van der Waals surface area (Å²) in [5.74, 6) is 0.727. The number of carbonyl (C=O) groups is 1. The third kappa shape index (κ3) is 4.71. The number of amides is 1.